The second-order valence-electron chi connectivity index (χ2n) is 3.09. The Morgan fingerprint density at radius 3 is 2.62 bits per heavy atom. The van der Waals surface area contributed by atoms with Gasteiger partial charge in [0, 0.05) is 18.7 Å². The Morgan fingerprint density at radius 2 is 2.15 bits per heavy atom. The third-order valence-corrected chi connectivity index (χ3v) is 2.30. The SMILES string of the molecule is CCn1nc(C)c(CCON)c1C. The summed E-state index contributed by atoms with van der Waals surface area (Å²) in [6.45, 7) is 7.65. The van der Waals surface area contributed by atoms with Crippen LogP contribution in [0.1, 0.15) is 23.9 Å². The van der Waals surface area contributed by atoms with E-state index >= 15 is 0 Å². The van der Waals surface area contributed by atoms with E-state index in [9.17, 15) is 0 Å². The first-order valence-electron chi connectivity index (χ1n) is 4.55. The van der Waals surface area contributed by atoms with Gasteiger partial charge in [-0.05, 0) is 26.3 Å². The van der Waals surface area contributed by atoms with Gasteiger partial charge in [-0.2, -0.15) is 5.10 Å². The second-order valence-corrected chi connectivity index (χ2v) is 3.09. The predicted octanol–water partition coefficient (Wildman–Crippen LogP) is 0.953. The lowest BCUT2D eigenvalue weighted by atomic mass is 10.1. The molecule has 0 radical (unpaired) electrons. The molecule has 1 rings (SSSR count). The maximum atomic E-state index is 4.99. The Hall–Kier alpha value is -0.870. The number of nitrogens with two attached hydrogens (primary N) is 1. The molecule has 0 aliphatic heterocycles. The zero-order valence-corrected chi connectivity index (χ0v) is 8.50. The second kappa shape index (κ2) is 4.39. The molecule has 0 amide bonds. The van der Waals surface area contributed by atoms with E-state index in [-0.39, 0.29) is 0 Å². The van der Waals surface area contributed by atoms with E-state index in [1.807, 2.05) is 11.6 Å². The first-order valence-corrected chi connectivity index (χ1v) is 4.55. The molecule has 0 aliphatic carbocycles. The summed E-state index contributed by atoms with van der Waals surface area (Å²) >= 11 is 0. The molecule has 0 fully saturated rings. The highest BCUT2D eigenvalue weighted by atomic mass is 16.6. The van der Waals surface area contributed by atoms with Crippen molar-refractivity contribution in [2.24, 2.45) is 5.90 Å². The van der Waals surface area contributed by atoms with Crippen LogP contribution in [0, 0.1) is 13.8 Å². The van der Waals surface area contributed by atoms with Gasteiger partial charge in [0.15, 0.2) is 0 Å². The fourth-order valence-electron chi connectivity index (χ4n) is 1.56. The largest absolute Gasteiger partial charge is 0.304 e. The van der Waals surface area contributed by atoms with E-state index in [0.717, 1.165) is 18.7 Å². The average molecular weight is 183 g/mol. The molecule has 13 heavy (non-hydrogen) atoms. The smallest absolute Gasteiger partial charge is 0.0720 e. The van der Waals surface area contributed by atoms with Crippen LogP contribution in [-0.4, -0.2) is 16.4 Å². The Morgan fingerprint density at radius 1 is 1.46 bits per heavy atom. The van der Waals surface area contributed by atoms with Crippen molar-refractivity contribution in [2.75, 3.05) is 6.61 Å². The molecule has 74 valence electrons. The Labute approximate surface area is 78.6 Å². The van der Waals surface area contributed by atoms with Gasteiger partial charge < -0.3 is 4.84 Å². The standard InChI is InChI=1S/C9H17N3O/c1-4-12-8(3)9(5-6-13-10)7(2)11-12/h4-6,10H2,1-3H3. The molecule has 0 saturated carbocycles. The highest BCUT2D eigenvalue weighted by molar-refractivity contribution is 5.24. The Balaban J connectivity index is 2.85. The van der Waals surface area contributed by atoms with Crippen LogP contribution in [0.15, 0.2) is 0 Å². The minimum Gasteiger partial charge on any atom is -0.304 e. The van der Waals surface area contributed by atoms with E-state index in [0.29, 0.717) is 6.61 Å². The lowest BCUT2D eigenvalue weighted by Gasteiger charge is -2.01. The van der Waals surface area contributed by atoms with E-state index < -0.39 is 0 Å². The van der Waals surface area contributed by atoms with Gasteiger partial charge in [-0.3, -0.25) is 4.68 Å². The van der Waals surface area contributed by atoms with E-state index in [1.165, 1.54) is 11.3 Å². The molecule has 1 heterocycles. The molecule has 0 bridgehead atoms. The van der Waals surface area contributed by atoms with Crippen molar-refractivity contribution in [3.8, 4) is 0 Å². The fraction of sp³-hybridized carbons (Fsp3) is 0.667. The molecule has 2 N–H and O–H groups in total. The van der Waals surface area contributed by atoms with Crippen molar-refractivity contribution in [1.29, 1.82) is 0 Å². The molecule has 4 nitrogen and oxygen atoms in total. The maximum absolute atomic E-state index is 4.99. The normalized spacial score (nSPS) is 10.8. The van der Waals surface area contributed by atoms with Gasteiger partial charge in [0.25, 0.3) is 0 Å². The molecule has 0 aliphatic rings. The highest BCUT2D eigenvalue weighted by Gasteiger charge is 2.09. The summed E-state index contributed by atoms with van der Waals surface area (Å²) in [4.78, 5) is 4.56. The minimum absolute atomic E-state index is 0.553. The van der Waals surface area contributed by atoms with Crippen molar-refractivity contribution in [1.82, 2.24) is 9.78 Å². The summed E-state index contributed by atoms with van der Waals surface area (Å²) in [6, 6.07) is 0. The van der Waals surface area contributed by atoms with Crippen molar-refractivity contribution in [3.05, 3.63) is 17.0 Å². The van der Waals surface area contributed by atoms with Gasteiger partial charge in [-0.1, -0.05) is 0 Å². The van der Waals surface area contributed by atoms with Gasteiger partial charge in [0.1, 0.15) is 0 Å². The first-order chi connectivity index (χ1) is 6.20. The Kier molecular flexibility index (Phi) is 3.45. The first kappa shape index (κ1) is 10.2. The van der Waals surface area contributed by atoms with Gasteiger partial charge in [0.2, 0.25) is 0 Å². The highest BCUT2D eigenvalue weighted by Crippen LogP contribution is 2.13. The van der Waals surface area contributed by atoms with Gasteiger partial charge in [0.05, 0.1) is 12.3 Å². The molecule has 0 unspecified atom stereocenters. The van der Waals surface area contributed by atoms with Crippen LogP contribution in [0.4, 0.5) is 0 Å². The zero-order valence-electron chi connectivity index (χ0n) is 8.50. The van der Waals surface area contributed by atoms with Crippen LogP contribution in [0.3, 0.4) is 0 Å². The monoisotopic (exact) mass is 183 g/mol. The lowest BCUT2D eigenvalue weighted by molar-refractivity contribution is 0.141. The quantitative estimate of drug-likeness (QED) is 0.707. The van der Waals surface area contributed by atoms with Crippen molar-refractivity contribution in [2.45, 2.75) is 33.7 Å². The third-order valence-electron chi connectivity index (χ3n) is 2.30. The molecule has 4 heteroatoms. The van der Waals surface area contributed by atoms with E-state index in [2.05, 4.69) is 23.8 Å². The third kappa shape index (κ3) is 2.08. The van der Waals surface area contributed by atoms with Crippen molar-refractivity contribution in [3.63, 3.8) is 0 Å². The van der Waals surface area contributed by atoms with Crippen LogP contribution < -0.4 is 5.90 Å². The lowest BCUT2D eigenvalue weighted by Crippen LogP contribution is -2.05. The molecule has 1 aromatic heterocycles. The molecular formula is C9H17N3O. The summed E-state index contributed by atoms with van der Waals surface area (Å²) in [5.74, 6) is 4.99. The molecule has 0 saturated heterocycles. The van der Waals surface area contributed by atoms with Gasteiger partial charge >= 0.3 is 0 Å². The summed E-state index contributed by atoms with van der Waals surface area (Å²) in [5.41, 5.74) is 3.56. The topological polar surface area (TPSA) is 53.1 Å². The minimum atomic E-state index is 0.553. The number of aromatic nitrogens is 2. The van der Waals surface area contributed by atoms with Crippen LogP contribution in [0.5, 0.6) is 0 Å². The number of nitrogens with zero attached hydrogens (tertiary/aromatic N) is 2. The zero-order chi connectivity index (χ0) is 9.84. The van der Waals surface area contributed by atoms with Crippen molar-refractivity contribution < 1.29 is 4.84 Å². The predicted molar refractivity (Wildman–Crippen MR) is 51.2 cm³/mol. The van der Waals surface area contributed by atoms with Crippen molar-refractivity contribution >= 4 is 0 Å². The van der Waals surface area contributed by atoms with Gasteiger partial charge in [-0.25, -0.2) is 5.90 Å². The van der Waals surface area contributed by atoms with Crippen LogP contribution in [-0.2, 0) is 17.8 Å². The van der Waals surface area contributed by atoms with E-state index in [4.69, 9.17) is 5.90 Å². The van der Waals surface area contributed by atoms with Gasteiger partial charge in [-0.15, -0.1) is 0 Å². The molecule has 0 spiro atoms. The number of hydrogen-bond acceptors (Lipinski definition) is 3. The fourth-order valence-corrected chi connectivity index (χ4v) is 1.56. The molecule has 1 aromatic rings. The number of rotatable bonds is 4. The molecular weight excluding hydrogens is 166 g/mol. The molecule has 0 atom stereocenters. The summed E-state index contributed by atoms with van der Waals surface area (Å²) in [7, 11) is 0. The molecule has 0 aromatic carbocycles. The van der Waals surface area contributed by atoms with Crippen LogP contribution in [0.2, 0.25) is 0 Å². The van der Waals surface area contributed by atoms with Crippen LogP contribution >= 0.6 is 0 Å². The maximum Gasteiger partial charge on any atom is 0.0720 e. The summed E-state index contributed by atoms with van der Waals surface area (Å²) < 4.78 is 2.00. The van der Waals surface area contributed by atoms with E-state index in [1.54, 1.807) is 0 Å². The number of hydrogen-bond donors (Lipinski definition) is 1. The van der Waals surface area contributed by atoms with Crippen LogP contribution in [0.25, 0.3) is 0 Å². The Bertz CT molecular complexity index is 281. The summed E-state index contributed by atoms with van der Waals surface area (Å²) in [5, 5.41) is 4.40. The number of aryl methyl sites for hydroxylation is 2. The summed E-state index contributed by atoms with van der Waals surface area (Å²) in [6.07, 6.45) is 0.841. The average Bonchev–Trinajstić information content (AvgIpc) is 2.39.